The van der Waals surface area contributed by atoms with Crippen molar-refractivity contribution in [2.75, 3.05) is 26.1 Å². The molecule has 2 rings (SSSR count). The van der Waals surface area contributed by atoms with E-state index in [2.05, 4.69) is 14.8 Å². The highest BCUT2D eigenvalue weighted by Crippen LogP contribution is 2.17. The SMILES string of the molecule is COC(=O)c1cc(NC(=O)COC(=O)c2ccco2)cc(C(=O)OC)c1. The number of anilines is 1. The van der Waals surface area contributed by atoms with E-state index in [9.17, 15) is 19.2 Å². The molecule has 0 spiro atoms. The van der Waals surface area contributed by atoms with Crippen LogP contribution >= 0.6 is 0 Å². The molecule has 0 saturated heterocycles. The van der Waals surface area contributed by atoms with Crippen LogP contribution in [0.25, 0.3) is 0 Å². The summed E-state index contributed by atoms with van der Waals surface area (Å²) in [6.45, 7) is -0.588. The Morgan fingerprint density at radius 2 is 1.58 bits per heavy atom. The summed E-state index contributed by atoms with van der Waals surface area (Å²) in [7, 11) is 2.36. The quantitative estimate of drug-likeness (QED) is 0.609. The Kier molecular flexibility index (Phi) is 6.10. The van der Waals surface area contributed by atoms with Gasteiger partial charge in [0.25, 0.3) is 5.91 Å². The van der Waals surface area contributed by atoms with Crippen molar-refractivity contribution in [2.45, 2.75) is 0 Å². The van der Waals surface area contributed by atoms with Gasteiger partial charge in [0, 0.05) is 5.69 Å². The van der Waals surface area contributed by atoms with E-state index in [1.807, 2.05) is 0 Å². The van der Waals surface area contributed by atoms with Crippen molar-refractivity contribution in [1.82, 2.24) is 0 Å². The van der Waals surface area contributed by atoms with Crippen molar-refractivity contribution in [3.8, 4) is 0 Å². The number of furan rings is 1. The first kappa shape index (κ1) is 18.7. The maximum Gasteiger partial charge on any atom is 0.374 e. The van der Waals surface area contributed by atoms with Gasteiger partial charge < -0.3 is 23.9 Å². The third kappa shape index (κ3) is 4.69. The molecule has 0 saturated carbocycles. The summed E-state index contributed by atoms with van der Waals surface area (Å²) in [5, 5.41) is 2.42. The van der Waals surface area contributed by atoms with Crippen LogP contribution in [0.5, 0.6) is 0 Å². The molecule has 1 heterocycles. The van der Waals surface area contributed by atoms with Crippen molar-refractivity contribution < 1.29 is 37.8 Å². The lowest BCUT2D eigenvalue weighted by Gasteiger charge is -2.09. The van der Waals surface area contributed by atoms with Crippen LogP contribution in [-0.4, -0.2) is 44.6 Å². The zero-order valence-corrected chi connectivity index (χ0v) is 13.9. The lowest BCUT2D eigenvalue weighted by atomic mass is 10.1. The van der Waals surface area contributed by atoms with Crippen molar-refractivity contribution in [3.05, 3.63) is 53.5 Å². The number of ether oxygens (including phenoxy) is 3. The number of esters is 3. The first-order chi connectivity index (χ1) is 12.4. The molecule has 0 aliphatic rings. The average Bonchev–Trinajstić information content (AvgIpc) is 3.19. The molecule has 0 atom stereocenters. The molecule has 9 heteroatoms. The Bertz CT molecular complexity index is 791. The Hall–Kier alpha value is -3.62. The van der Waals surface area contributed by atoms with Gasteiger partial charge >= 0.3 is 17.9 Å². The third-order valence-electron chi connectivity index (χ3n) is 3.12. The number of hydrogen-bond acceptors (Lipinski definition) is 8. The summed E-state index contributed by atoms with van der Waals surface area (Å²) in [4.78, 5) is 46.9. The van der Waals surface area contributed by atoms with E-state index < -0.39 is 30.4 Å². The first-order valence-electron chi connectivity index (χ1n) is 7.26. The van der Waals surface area contributed by atoms with Gasteiger partial charge in [-0.1, -0.05) is 0 Å². The molecule has 0 unspecified atom stereocenters. The fourth-order valence-electron chi connectivity index (χ4n) is 1.97. The number of hydrogen-bond donors (Lipinski definition) is 1. The van der Waals surface area contributed by atoms with E-state index in [0.717, 1.165) is 0 Å². The summed E-state index contributed by atoms with van der Waals surface area (Å²) in [5.74, 6) is -2.92. The van der Waals surface area contributed by atoms with E-state index in [-0.39, 0.29) is 22.6 Å². The van der Waals surface area contributed by atoms with E-state index >= 15 is 0 Å². The zero-order valence-electron chi connectivity index (χ0n) is 13.9. The van der Waals surface area contributed by atoms with Crippen LogP contribution in [0.4, 0.5) is 5.69 Å². The Morgan fingerprint density at radius 1 is 0.962 bits per heavy atom. The summed E-state index contributed by atoms with van der Waals surface area (Å²) < 4.78 is 18.8. The molecule has 1 amide bonds. The summed E-state index contributed by atoms with van der Waals surface area (Å²) in [6.07, 6.45) is 1.29. The van der Waals surface area contributed by atoms with Crippen LogP contribution < -0.4 is 5.32 Å². The fourth-order valence-corrected chi connectivity index (χ4v) is 1.97. The van der Waals surface area contributed by atoms with E-state index in [0.29, 0.717) is 0 Å². The third-order valence-corrected chi connectivity index (χ3v) is 3.12. The van der Waals surface area contributed by atoms with Gasteiger partial charge in [0.1, 0.15) is 0 Å². The molecule has 0 bridgehead atoms. The highest BCUT2D eigenvalue weighted by atomic mass is 16.5. The van der Waals surface area contributed by atoms with E-state index in [1.54, 1.807) is 0 Å². The second-order valence-electron chi connectivity index (χ2n) is 4.88. The summed E-state index contributed by atoms with van der Waals surface area (Å²) in [6, 6.07) is 6.78. The van der Waals surface area contributed by atoms with Gasteiger partial charge in [-0.05, 0) is 30.3 Å². The van der Waals surface area contributed by atoms with Crippen LogP contribution in [0.3, 0.4) is 0 Å². The molecule has 1 N–H and O–H groups in total. The van der Waals surface area contributed by atoms with Crippen LogP contribution in [0.2, 0.25) is 0 Å². The normalized spacial score (nSPS) is 9.92. The smallest absolute Gasteiger partial charge is 0.374 e. The predicted octanol–water partition coefficient (Wildman–Crippen LogP) is 1.65. The molecule has 0 radical (unpaired) electrons. The number of nitrogens with one attached hydrogen (secondary N) is 1. The summed E-state index contributed by atoms with van der Waals surface area (Å²) >= 11 is 0. The van der Waals surface area contributed by atoms with Crippen molar-refractivity contribution in [1.29, 1.82) is 0 Å². The largest absolute Gasteiger partial charge is 0.465 e. The Balaban J connectivity index is 2.09. The minimum absolute atomic E-state index is 0.0401. The number of carbonyl (C=O) groups excluding carboxylic acids is 4. The average molecular weight is 361 g/mol. The monoisotopic (exact) mass is 361 g/mol. The number of methoxy groups -OCH3 is 2. The highest BCUT2D eigenvalue weighted by molar-refractivity contribution is 6.00. The molecule has 9 nitrogen and oxygen atoms in total. The van der Waals surface area contributed by atoms with Gasteiger partial charge in [0.05, 0.1) is 31.6 Å². The molecule has 1 aromatic carbocycles. The lowest BCUT2D eigenvalue weighted by molar-refractivity contribution is -0.119. The second kappa shape index (κ2) is 8.47. The van der Waals surface area contributed by atoms with E-state index in [1.165, 1.54) is 50.8 Å². The van der Waals surface area contributed by atoms with Crippen molar-refractivity contribution in [3.63, 3.8) is 0 Å². The first-order valence-corrected chi connectivity index (χ1v) is 7.26. The Labute approximate surface area is 147 Å². The van der Waals surface area contributed by atoms with Crippen LogP contribution in [0.1, 0.15) is 31.3 Å². The number of rotatable bonds is 6. The topological polar surface area (TPSA) is 121 Å². The van der Waals surface area contributed by atoms with Gasteiger partial charge in [0.2, 0.25) is 5.76 Å². The lowest BCUT2D eigenvalue weighted by Crippen LogP contribution is -2.21. The molecule has 26 heavy (non-hydrogen) atoms. The van der Waals surface area contributed by atoms with Crippen LogP contribution in [0.15, 0.2) is 41.0 Å². The highest BCUT2D eigenvalue weighted by Gasteiger charge is 2.16. The van der Waals surface area contributed by atoms with Gasteiger partial charge in [-0.25, -0.2) is 14.4 Å². The minimum atomic E-state index is -0.802. The molecule has 2 aromatic rings. The molecule has 0 aliphatic carbocycles. The zero-order chi connectivity index (χ0) is 19.1. The second-order valence-corrected chi connectivity index (χ2v) is 4.88. The summed E-state index contributed by atoms with van der Waals surface area (Å²) in [5.41, 5.74) is 0.212. The molecule has 0 aliphatic heterocycles. The number of benzene rings is 1. The predicted molar refractivity (Wildman–Crippen MR) is 86.7 cm³/mol. The maximum atomic E-state index is 11.9. The molecule has 0 fully saturated rings. The van der Waals surface area contributed by atoms with Crippen LogP contribution in [-0.2, 0) is 19.0 Å². The van der Waals surface area contributed by atoms with Crippen molar-refractivity contribution in [2.24, 2.45) is 0 Å². The molecular formula is C17H15NO8. The Morgan fingerprint density at radius 3 is 2.08 bits per heavy atom. The number of carbonyl (C=O) groups is 4. The minimum Gasteiger partial charge on any atom is -0.465 e. The fraction of sp³-hybridized carbons (Fsp3) is 0.176. The van der Waals surface area contributed by atoms with Crippen LogP contribution in [0, 0.1) is 0 Å². The molecule has 136 valence electrons. The molecular weight excluding hydrogens is 346 g/mol. The van der Waals surface area contributed by atoms with Crippen molar-refractivity contribution >= 4 is 29.5 Å². The van der Waals surface area contributed by atoms with Gasteiger partial charge in [0.15, 0.2) is 6.61 Å². The maximum absolute atomic E-state index is 11.9. The van der Waals surface area contributed by atoms with Gasteiger partial charge in [-0.2, -0.15) is 0 Å². The van der Waals surface area contributed by atoms with Gasteiger partial charge in [-0.15, -0.1) is 0 Å². The standard InChI is InChI=1S/C17H15NO8/c1-23-15(20)10-6-11(16(21)24-2)8-12(7-10)18-14(19)9-26-17(22)13-4-3-5-25-13/h3-8H,9H2,1-2H3,(H,18,19). The molecule has 1 aromatic heterocycles. The van der Waals surface area contributed by atoms with E-state index in [4.69, 9.17) is 9.15 Å². The number of amides is 1. The van der Waals surface area contributed by atoms with Gasteiger partial charge in [-0.3, -0.25) is 4.79 Å².